The van der Waals surface area contributed by atoms with E-state index in [2.05, 4.69) is 33.8 Å². The number of methoxy groups -OCH3 is 1. The van der Waals surface area contributed by atoms with E-state index in [1.165, 1.54) is 7.11 Å². The van der Waals surface area contributed by atoms with Gasteiger partial charge in [0.25, 0.3) is 0 Å². The predicted octanol–water partition coefficient (Wildman–Crippen LogP) is 5.35. The van der Waals surface area contributed by atoms with Crippen molar-refractivity contribution in [2.45, 2.75) is 93.1 Å². The lowest BCUT2D eigenvalue weighted by atomic mass is 9.34. The Hall–Kier alpha value is -2.26. The summed E-state index contributed by atoms with van der Waals surface area (Å²) in [4.78, 5) is 41.0. The van der Waals surface area contributed by atoms with E-state index in [9.17, 15) is 24.8 Å². The first-order valence-electron chi connectivity index (χ1n) is 14.2. The van der Waals surface area contributed by atoms with Crippen molar-refractivity contribution < 1.29 is 24.2 Å². The van der Waals surface area contributed by atoms with Crippen molar-refractivity contribution in [2.75, 3.05) is 7.11 Å². The molecule has 0 radical (unpaired) electrons. The standard InChI is InChI=1S/C32H43NO5/c1-27(2)9-11-32(26(37)38-8)12-10-30(6)23(19(32)15-27)20(34)13-22-29(5)14-18(17-33)25(36)28(3,4)24(29)21(35)16-31(22,30)7/h13-14,19,21,23-24,35H,9-12,15-16H2,1-8H3/t19-,21+,23-,24-,29+,30+,31+,32-/m0/s1. The number of hydrogen-bond acceptors (Lipinski definition) is 6. The minimum Gasteiger partial charge on any atom is -0.469 e. The van der Waals surface area contributed by atoms with E-state index in [1.807, 2.05) is 20.8 Å². The van der Waals surface area contributed by atoms with Gasteiger partial charge in [-0.1, -0.05) is 54.5 Å². The maximum Gasteiger partial charge on any atom is 0.312 e. The Morgan fingerprint density at radius 1 is 1.03 bits per heavy atom. The molecule has 0 aromatic carbocycles. The molecule has 8 atom stereocenters. The fraction of sp³-hybridized carbons (Fsp3) is 0.750. The average molecular weight is 522 g/mol. The molecule has 5 aliphatic carbocycles. The normalized spacial score (nSPS) is 46.7. The highest BCUT2D eigenvalue weighted by Crippen LogP contribution is 2.74. The number of allylic oxidation sites excluding steroid dienone is 4. The average Bonchev–Trinajstić information content (AvgIpc) is 2.82. The molecule has 0 amide bonds. The molecule has 6 nitrogen and oxygen atoms in total. The minimum absolute atomic E-state index is 0.00690. The van der Waals surface area contributed by atoms with Gasteiger partial charge in [-0.3, -0.25) is 14.4 Å². The SMILES string of the molecule is COC(=O)[C@]12CCC(C)(C)C[C@H]1[C@H]1C(=O)C=C3[C@@]4(C)C=C(C#N)C(=O)C(C)(C)[C@@H]4[C@H](O)C[C@@]3(C)[C@]1(C)CC2. The summed E-state index contributed by atoms with van der Waals surface area (Å²) in [5, 5.41) is 21.7. The van der Waals surface area contributed by atoms with Crippen molar-refractivity contribution >= 4 is 17.5 Å². The molecule has 38 heavy (non-hydrogen) atoms. The lowest BCUT2D eigenvalue weighted by Crippen LogP contribution is -2.68. The van der Waals surface area contributed by atoms with Gasteiger partial charge in [0, 0.05) is 22.7 Å². The van der Waals surface area contributed by atoms with Crippen molar-refractivity contribution in [3.8, 4) is 6.07 Å². The zero-order valence-electron chi connectivity index (χ0n) is 24.2. The summed E-state index contributed by atoms with van der Waals surface area (Å²) in [6.45, 7) is 14.4. The third-order valence-corrected chi connectivity index (χ3v) is 12.3. The monoisotopic (exact) mass is 521 g/mol. The van der Waals surface area contributed by atoms with Crippen LogP contribution in [0.25, 0.3) is 0 Å². The Bertz CT molecular complexity index is 1230. The van der Waals surface area contributed by atoms with Crippen molar-refractivity contribution in [2.24, 2.45) is 50.2 Å². The van der Waals surface area contributed by atoms with Crippen LogP contribution in [-0.4, -0.2) is 35.9 Å². The summed E-state index contributed by atoms with van der Waals surface area (Å²) in [5.74, 6) is -1.36. The van der Waals surface area contributed by atoms with E-state index in [0.29, 0.717) is 19.3 Å². The fourth-order valence-electron chi connectivity index (χ4n) is 10.4. The summed E-state index contributed by atoms with van der Waals surface area (Å²) in [6, 6.07) is 2.10. The van der Waals surface area contributed by atoms with Crippen LogP contribution in [0.2, 0.25) is 0 Å². The number of ketones is 2. The number of carbonyl (C=O) groups is 3. The lowest BCUT2D eigenvalue weighted by molar-refractivity contribution is -0.197. The van der Waals surface area contributed by atoms with E-state index in [0.717, 1.165) is 24.8 Å². The molecule has 0 aromatic rings. The first kappa shape index (κ1) is 27.3. The highest BCUT2D eigenvalue weighted by molar-refractivity contribution is 6.04. The molecule has 1 N–H and O–H groups in total. The lowest BCUT2D eigenvalue weighted by Gasteiger charge is -2.69. The van der Waals surface area contributed by atoms with E-state index in [4.69, 9.17) is 4.74 Å². The zero-order valence-corrected chi connectivity index (χ0v) is 24.2. The summed E-state index contributed by atoms with van der Waals surface area (Å²) in [7, 11) is 1.45. The summed E-state index contributed by atoms with van der Waals surface area (Å²) >= 11 is 0. The van der Waals surface area contributed by atoms with Crippen LogP contribution >= 0.6 is 0 Å². The largest absolute Gasteiger partial charge is 0.469 e. The molecule has 0 bridgehead atoms. The van der Waals surface area contributed by atoms with Crippen molar-refractivity contribution in [1.29, 1.82) is 5.26 Å². The number of Topliss-reactive ketones (excluding diaryl/α,β-unsaturated/α-hetero) is 1. The Morgan fingerprint density at radius 3 is 2.26 bits per heavy atom. The van der Waals surface area contributed by atoms with E-state index < -0.39 is 39.1 Å². The number of rotatable bonds is 1. The third kappa shape index (κ3) is 3.12. The highest BCUT2D eigenvalue weighted by atomic mass is 16.5. The smallest absolute Gasteiger partial charge is 0.312 e. The molecular formula is C32H43NO5. The van der Waals surface area contributed by atoms with E-state index in [1.54, 1.807) is 12.2 Å². The predicted molar refractivity (Wildman–Crippen MR) is 142 cm³/mol. The second-order valence-electron chi connectivity index (χ2n) is 15.1. The van der Waals surface area contributed by atoms with E-state index in [-0.39, 0.29) is 40.4 Å². The van der Waals surface area contributed by atoms with Crippen LogP contribution < -0.4 is 0 Å². The maximum absolute atomic E-state index is 14.4. The Kier molecular flexibility index (Phi) is 5.68. The number of nitriles is 1. The number of aliphatic hydroxyl groups excluding tert-OH is 1. The number of nitrogens with zero attached hydrogens (tertiary/aromatic N) is 1. The van der Waals surface area contributed by atoms with Gasteiger partial charge < -0.3 is 9.84 Å². The molecule has 206 valence electrons. The van der Waals surface area contributed by atoms with Gasteiger partial charge >= 0.3 is 5.97 Å². The number of carbonyl (C=O) groups excluding carboxylic acids is 3. The molecule has 5 rings (SSSR count). The van der Waals surface area contributed by atoms with Gasteiger partial charge in [-0.25, -0.2) is 0 Å². The molecule has 6 heteroatoms. The van der Waals surface area contributed by atoms with Gasteiger partial charge in [0.1, 0.15) is 6.07 Å². The summed E-state index contributed by atoms with van der Waals surface area (Å²) in [6.07, 6.45) is 6.92. The molecular weight excluding hydrogens is 478 g/mol. The molecule has 0 aliphatic heterocycles. The molecule has 0 saturated heterocycles. The van der Waals surface area contributed by atoms with Gasteiger partial charge in [0.05, 0.1) is 24.2 Å². The zero-order chi connectivity index (χ0) is 28.3. The van der Waals surface area contributed by atoms with Crippen LogP contribution in [0.1, 0.15) is 87.0 Å². The van der Waals surface area contributed by atoms with Crippen LogP contribution in [0.15, 0.2) is 23.3 Å². The van der Waals surface area contributed by atoms with Crippen molar-refractivity contribution in [3.05, 3.63) is 23.3 Å². The second-order valence-corrected chi connectivity index (χ2v) is 15.1. The first-order chi connectivity index (χ1) is 17.4. The maximum atomic E-state index is 14.4. The molecule has 3 saturated carbocycles. The molecule has 0 spiro atoms. The Balaban J connectivity index is 1.73. The summed E-state index contributed by atoms with van der Waals surface area (Å²) in [5.41, 5.74) is -2.44. The third-order valence-electron chi connectivity index (χ3n) is 12.3. The van der Waals surface area contributed by atoms with Gasteiger partial charge in [-0.15, -0.1) is 0 Å². The minimum atomic E-state index is -0.947. The molecule has 0 aromatic heterocycles. The van der Waals surface area contributed by atoms with Gasteiger partial charge in [-0.2, -0.15) is 5.26 Å². The first-order valence-corrected chi connectivity index (χ1v) is 14.2. The van der Waals surface area contributed by atoms with Gasteiger partial charge in [0.2, 0.25) is 0 Å². The van der Waals surface area contributed by atoms with Crippen molar-refractivity contribution in [3.63, 3.8) is 0 Å². The molecule has 5 aliphatic rings. The summed E-state index contributed by atoms with van der Waals surface area (Å²) < 4.78 is 5.38. The number of fused-ring (bicyclic) bond motifs is 7. The molecule has 0 heterocycles. The highest BCUT2D eigenvalue weighted by Gasteiger charge is 2.72. The van der Waals surface area contributed by atoms with Crippen LogP contribution in [0.4, 0.5) is 0 Å². The van der Waals surface area contributed by atoms with Crippen LogP contribution in [-0.2, 0) is 19.1 Å². The van der Waals surface area contributed by atoms with Gasteiger partial charge in [0.15, 0.2) is 11.6 Å². The van der Waals surface area contributed by atoms with Crippen molar-refractivity contribution in [1.82, 2.24) is 0 Å². The fourth-order valence-corrected chi connectivity index (χ4v) is 10.4. The van der Waals surface area contributed by atoms with E-state index >= 15 is 0 Å². The molecule has 3 fully saturated rings. The van der Waals surface area contributed by atoms with Crippen LogP contribution in [0.5, 0.6) is 0 Å². The second kappa shape index (κ2) is 7.90. The quantitative estimate of drug-likeness (QED) is 0.467. The number of hydrogen-bond donors (Lipinski definition) is 1. The molecule has 0 unspecified atom stereocenters. The number of esters is 1. The number of ether oxygens (including phenoxy) is 1. The topological polar surface area (TPSA) is 104 Å². The van der Waals surface area contributed by atoms with Crippen LogP contribution in [0, 0.1) is 61.6 Å². The van der Waals surface area contributed by atoms with Gasteiger partial charge in [-0.05, 0) is 72.3 Å². The Labute approximate surface area is 226 Å². The number of aliphatic hydroxyl groups is 1. The van der Waals surface area contributed by atoms with Crippen LogP contribution in [0.3, 0.4) is 0 Å². The Morgan fingerprint density at radius 2 is 1.66 bits per heavy atom.